The SMILES string of the molecule is CC(C(=O)N1CCOCC1)n1cc(C(=O)C(F)(F)F)nn1. The summed E-state index contributed by atoms with van der Waals surface area (Å²) in [4.78, 5) is 24.7. The maximum absolute atomic E-state index is 12.3. The molecule has 0 radical (unpaired) electrons. The summed E-state index contributed by atoms with van der Waals surface area (Å²) in [6.45, 7) is 3.12. The van der Waals surface area contributed by atoms with Gasteiger partial charge >= 0.3 is 6.18 Å². The first-order valence-corrected chi connectivity index (χ1v) is 6.20. The summed E-state index contributed by atoms with van der Waals surface area (Å²) < 4.78 is 42.9. The number of Topliss-reactive ketones (excluding diaryl/α,β-unsaturated/α-hetero) is 1. The predicted octanol–water partition coefficient (Wildman–Crippen LogP) is 0.443. The van der Waals surface area contributed by atoms with E-state index in [4.69, 9.17) is 4.74 Å². The number of carbonyl (C=O) groups excluding carboxylic acids is 2. The van der Waals surface area contributed by atoms with Crippen LogP contribution in [0.25, 0.3) is 0 Å². The molecule has 116 valence electrons. The molecule has 1 amide bonds. The van der Waals surface area contributed by atoms with Gasteiger partial charge in [-0.05, 0) is 6.92 Å². The molecule has 1 aliphatic heterocycles. The molecule has 0 spiro atoms. The highest BCUT2D eigenvalue weighted by Gasteiger charge is 2.41. The van der Waals surface area contributed by atoms with Gasteiger partial charge in [-0.2, -0.15) is 13.2 Å². The Bertz CT molecular complexity index is 537. The van der Waals surface area contributed by atoms with Crippen LogP contribution in [0.5, 0.6) is 0 Å². The van der Waals surface area contributed by atoms with E-state index in [1.165, 1.54) is 11.8 Å². The summed E-state index contributed by atoms with van der Waals surface area (Å²) in [6.07, 6.45) is -4.18. The number of hydrogen-bond acceptors (Lipinski definition) is 5. The molecule has 1 aromatic rings. The van der Waals surface area contributed by atoms with Crippen LogP contribution in [-0.4, -0.2) is 64.1 Å². The van der Waals surface area contributed by atoms with Crippen LogP contribution in [0.2, 0.25) is 0 Å². The van der Waals surface area contributed by atoms with Crippen molar-refractivity contribution in [1.29, 1.82) is 0 Å². The van der Waals surface area contributed by atoms with E-state index >= 15 is 0 Å². The fourth-order valence-corrected chi connectivity index (χ4v) is 1.88. The van der Waals surface area contributed by atoms with Crippen LogP contribution in [0.4, 0.5) is 13.2 Å². The first-order valence-electron chi connectivity index (χ1n) is 6.20. The van der Waals surface area contributed by atoms with Crippen LogP contribution < -0.4 is 0 Å². The lowest BCUT2D eigenvalue weighted by Crippen LogP contribution is -2.43. The van der Waals surface area contributed by atoms with Crippen molar-refractivity contribution in [3.8, 4) is 0 Å². The summed E-state index contributed by atoms with van der Waals surface area (Å²) in [5.74, 6) is -2.39. The number of ether oxygens (including phenoxy) is 1. The lowest BCUT2D eigenvalue weighted by Gasteiger charge is -2.29. The van der Waals surface area contributed by atoms with Gasteiger partial charge in [-0.1, -0.05) is 5.21 Å². The fourth-order valence-electron chi connectivity index (χ4n) is 1.88. The zero-order chi connectivity index (χ0) is 15.6. The Labute approximate surface area is 117 Å². The molecular weight excluding hydrogens is 293 g/mol. The Morgan fingerprint density at radius 3 is 2.52 bits per heavy atom. The molecule has 1 fully saturated rings. The molecule has 0 aromatic carbocycles. The van der Waals surface area contributed by atoms with E-state index in [0.717, 1.165) is 10.9 Å². The minimum atomic E-state index is -5.02. The monoisotopic (exact) mass is 306 g/mol. The van der Waals surface area contributed by atoms with Crippen molar-refractivity contribution in [2.75, 3.05) is 26.3 Å². The molecule has 2 rings (SSSR count). The van der Waals surface area contributed by atoms with E-state index < -0.39 is 23.7 Å². The highest BCUT2D eigenvalue weighted by molar-refractivity contribution is 5.98. The minimum absolute atomic E-state index is 0.311. The predicted molar refractivity (Wildman–Crippen MR) is 62.5 cm³/mol. The van der Waals surface area contributed by atoms with Crippen molar-refractivity contribution in [3.05, 3.63) is 11.9 Å². The normalized spacial score (nSPS) is 17.6. The van der Waals surface area contributed by atoms with Crippen LogP contribution in [-0.2, 0) is 9.53 Å². The molecule has 0 bridgehead atoms. The van der Waals surface area contributed by atoms with Crippen molar-refractivity contribution < 1.29 is 27.5 Å². The molecular formula is C11H13F3N4O3. The van der Waals surface area contributed by atoms with Gasteiger partial charge in [0.05, 0.1) is 19.4 Å². The highest BCUT2D eigenvalue weighted by Crippen LogP contribution is 2.20. The molecule has 2 heterocycles. The Hall–Kier alpha value is -1.97. The van der Waals surface area contributed by atoms with Crippen molar-refractivity contribution >= 4 is 11.7 Å². The second-order valence-corrected chi connectivity index (χ2v) is 4.52. The number of alkyl halides is 3. The molecule has 1 aliphatic rings. The van der Waals surface area contributed by atoms with Gasteiger partial charge in [0.15, 0.2) is 5.69 Å². The van der Waals surface area contributed by atoms with Gasteiger partial charge in [-0.3, -0.25) is 9.59 Å². The number of amides is 1. The molecule has 0 saturated carbocycles. The van der Waals surface area contributed by atoms with Crippen LogP contribution >= 0.6 is 0 Å². The zero-order valence-corrected chi connectivity index (χ0v) is 11.1. The van der Waals surface area contributed by atoms with E-state index in [-0.39, 0.29) is 5.91 Å². The molecule has 1 atom stereocenters. The first-order chi connectivity index (χ1) is 9.80. The number of carbonyl (C=O) groups is 2. The fraction of sp³-hybridized carbons (Fsp3) is 0.636. The van der Waals surface area contributed by atoms with E-state index in [1.807, 2.05) is 0 Å². The molecule has 0 N–H and O–H groups in total. The summed E-state index contributed by atoms with van der Waals surface area (Å²) in [7, 11) is 0. The number of morpholine rings is 1. The van der Waals surface area contributed by atoms with Crippen molar-refractivity contribution in [1.82, 2.24) is 19.9 Å². The summed E-state index contributed by atoms with van der Waals surface area (Å²) in [5, 5.41) is 6.61. The Morgan fingerprint density at radius 1 is 1.33 bits per heavy atom. The van der Waals surface area contributed by atoms with Gasteiger partial charge in [-0.15, -0.1) is 5.10 Å². The van der Waals surface area contributed by atoms with E-state index in [2.05, 4.69) is 10.3 Å². The van der Waals surface area contributed by atoms with Crippen molar-refractivity contribution in [2.45, 2.75) is 19.1 Å². The van der Waals surface area contributed by atoms with E-state index in [0.29, 0.717) is 26.3 Å². The lowest BCUT2D eigenvalue weighted by atomic mass is 10.2. The largest absolute Gasteiger partial charge is 0.456 e. The third kappa shape index (κ3) is 3.38. The number of aromatic nitrogens is 3. The van der Waals surface area contributed by atoms with Crippen molar-refractivity contribution in [3.63, 3.8) is 0 Å². The summed E-state index contributed by atoms with van der Waals surface area (Å²) in [5.41, 5.74) is -0.830. The standard InChI is InChI=1S/C11H13F3N4O3/c1-7(10(20)17-2-4-21-5-3-17)18-6-8(15-16-18)9(19)11(12,13)14/h6-7H,2-5H2,1H3. The molecule has 7 nitrogen and oxygen atoms in total. The second-order valence-electron chi connectivity index (χ2n) is 4.52. The third-order valence-corrected chi connectivity index (χ3v) is 3.08. The van der Waals surface area contributed by atoms with Crippen LogP contribution in [0.3, 0.4) is 0 Å². The van der Waals surface area contributed by atoms with Crippen LogP contribution in [0.1, 0.15) is 23.5 Å². The lowest BCUT2D eigenvalue weighted by molar-refractivity contribution is -0.138. The summed E-state index contributed by atoms with van der Waals surface area (Å²) in [6, 6.07) is -0.842. The maximum atomic E-state index is 12.3. The van der Waals surface area contributed by atoms with Crippen LogP contribution in [0.15, 0.2) is 6.20 Å². The highest BCUT2D eigenvalue weighted by atomic mass is 19.4. The molecule has 10 heteroatoms. The van der Waals surface area contributed by atoms with E-state index in [9.17, 15) is 22.8 Å². The van der Waals surface area contributed by atoms with E-state index in [1.54, 1.807) is 0 Å². The summed E-state index contributed by atoms with van der Waals surface area (Å²) >= 11 is 0. The number of hydrogen-bond donors (Lipinski definition) is 0. The van der Waals surface area contributed by atoms with Gasteiger partial charge in [0.2, 0.25) is 5.91 Å². The Morgan fingerprint density at radius 2 is 1.95 bits per heavy atom. The van der Waals surface area contributed by atoms with Gasteiger partial charge in [-0.25, -0.2) is 4.68 Å². The quantitative estimate of drug-likeness (QED) is 0.757. The number of nitrogens with zero attached hydrogens (tertiary/aromatic N) is 4. The number of halogens is 3. The average molecular weight is 306 g/mol. The molecule has 1 saturated heterocycles. The van der Waals surface area contributed by atoms with Gasteiger partial charge < -0.3 is 9.64 Å². The number of rotatable bonds is 3. The topological polar surface area (TPSA) is 77.3 Å². The van der Waals surface area contributed by atoms with Gasteiger partial charge in [0.1, 0.15) is 6.04 Å². The average Bonchev–Trinajstić information content (AvgIpc) is 2.94. The molecule has 1 aromatic heterocycles. The molecule has 21 heavy (non-hydrogen) atoms. The Kier molecular flexibility index (Phi) is 4.26. The maximum Gasteiger partial charge on any atom is 0.456 e. The van der Waals surface area contributed by atoms with Gasteiger partial charge in [0.25, 0.3) is 5.78 Å². The Balaban J connectivity index is 2.09. The number of ketones is 1. The zero-order valence-electron chi connectivity index (χ0n) is 11.1. The first kappa shape index (κ1) is 15.4. The molecule has 1 unspecified atom stereocenters. The van der Waals surface area contributed by atoms with Crippen LogP contribution in [0, 0.1) is 0 Å². The minimum Gasteiger partial charge on any atom is -0.378 e. The van der Waals surface area contributed by atoms with Crippen molar-refractivity contribution in [2.24, 2.45) is 0 Å². The molecule has 0 aliphatic carbocycles. The van der Waals surface area contributed by atoms with Gasteiger partial charge in [0, 0.05) is 13.1 Å². The third-order valence-electron chi connectivity index (χ3n) is 3.08. The second kappa shape index (κ2) is 5.80. The smallest absolute Gasteiger partial charge is 0.378 e.